The van der Waals surface area contributed by atoms with Crippen LogP contribution in [0.3, 0.4) is 0 Å². The Labute approximate surface area is 148 Å². The van der Waals surface area contributed by atoms with Crippen molar-refractivity contribution < 1.29 is 19.4 Å². The number of allylic oxidation sites excluding steroid dienone is 1. The van der Waals surface area contributed by atoms with Gasteiger partial charge in [-0.15, -0.1) is 0 Å². The van der Waals surface area contributed by atoms with E-state index in [0.717, 1.165) is 55.2 Å². The SMILES string of the molecule is CCCCOCC(O)C(O)C1=CCCc2oc(=O)c3c(c21)CCCC3. The molecule has 3 rings (SSSR count). The van der Waals surface area contributed by atoms with Crippen LogP contribution < -0.4 is 5.63 Å². The van der Waals surface area contributed by atoms with Gasteiger partial charge in [0.15, 0.2) is 0 Å². The molecule has 0 amide bonds. The van der Waals surface area contributed by atoms with Gasteiger partial charge < -0.3 is 19.4 Å². The zero-order chi connectivity index (χ0) is 17.8. The highest BCUT2D eigenvalue weighted by atomic mass is 16.5. The molecule has 2 atom stereocenters. The number of unbranched alkanes of at least 4 members (excludes halogenated alkanes) is 1. The molecular formula is C20H28O5. The van der Waals surface area contributed by atoms with Gasteiger partial charge in [-0.3, -0.25) is 0 Å². The van der Waals surface area contributed by atoms with E-state index in [2.05, 4.69) is 6.92 Å². The first-order valence-corrected chi connectivity index (χ1v) is 9.45. The first kappa shape index (κ1) is 18.4. The molecule has 0 aliphatic heterocycles. The van der Waals surface area contributed by atoms with Gasteiger partial charge in [0, 0.05) is 24.2 Å². The predicted molar refractivity (Wildman–Crippen MR) is 95.7 cm³/mol. The number of hydrogen-bond donors (Lipinski definition) is 2. The van der Waals surface area contributed by atoms with Crippen molar-refractivity contribution >= 4 is 5.57 Å². The van der Waals surface area contributed by atoms with Crippen LogP contribution in [0.2, 0.25) is 0 Å². The average molecular weight is 348 g/mol. The summed E-state index contributed by atoms with van der Waals surface area (Å²) in [5.74, 6) is 0.654. The Hall–Kier alpha value is -1.43. The van der Waals surface area contributed by atoms with Crippen molar-refractivity contribution in [2.75, 3.05) is 13.2 Å². The third-order valence-corrected chi connectivity index (χ3v) is 5.15. The second-order valence-electron chi connectivity index (χ2n) is 6.99. The Morgan fingerprint density at radius 3 is 2.72 bits per heavy atom. The van der Waals surface area contributed by atoms with Crippen molar-refractivity contribution in [1.29, 1.82) is 0 Å². The lowest BCUT2D eigenvalue weighted by Crippen LogP contribution is -2.34. The van der Waals surface area contributed by atoms with Gasteiger partial charge in [0.1, 0.15) is 18.0 Å². The van der Waals surface area contributed by atoms with Crippen LogP contribution in [-0.2, 0) is 24.0 Å². The highest BCUT2D eigenvalue weighted by Gasteiger charge is 2.31. The summed E-state index contributed by atoms with van der Waals surface area (Å²) in [6.45, 7) is 2.77. The minimum atomic E-state index is -1.03. The molecule has 0 aromatic carbocycles. The summed E-state index contributed by atoms with van der Waals surface area (Å²) >= 11 is 0. The Morgan fingerprint density at radius 2 is 1.96 bits per heavy atom. The molecule has 1 heterocycles. The number of aryl methyl sites for hydroxylation is 1. The zero-order valence-corrected chi connectivity index (χ0v) is 14.9. The number of ether oxygens (including phenoxy) is 1. The minimum absolute atomic E-state index is 0.104. The molecule has 0 bridgehead atoms. The molecule has 0 radical (unpaired) electrons. The van der Waals surface area contributed by atoms with Crippen LogP contribution in [0, 0.1) is 0 Å². The lowest BCUT2D eigenvalue weighted by atomic mass is 9.81. The first-order valence-electron chi connectivity index (χ1n) is 9.45. The van der Waals surface area contributed by atoms with E-state index in [9.17, 15) is 15.0 Å². The number of aliphatic hydroxyl groups excluding tert-OH is 2. The van der Waals surface area contributed by atoms with Crippen LogP contribution in [0.1, 0.15) is 61.5 Å². The fraction of sp³-hybridized carbons (Fsp3) is 0.650. The van der Waals surface area contributed by atoms with Crippen molar-refractivity contribution in [2.45, 2.75) is 70.5 Å². The Balaban J connectivity index is 1.85. The van der Waals surface area contributed by atoms with E-state index in [1.54, 1.807) is 0 Å². The van der Waals surface area contributed by atoms with Gasteiger partial charge >= 0.3 is 5.63 Å². The highest BCUT2D eigenvalue weighted by molar-refractivity contribution is 5.75. The molecule has 2 aliphatic carbocycles. The Kier molecular flexibility index (Phi) is 6.10. The van der Waals surface area contributed by atoms with Gasteiger partial charge in [0.2, 0.25) is 0 Å². The first-order chi connectivity index (χ1) is 12.1. The van der Waals surface area contributed by atoms with E-state index < -0.39 is 12.2 Å². The van der Waals surface area contributed by atoms with Crippen molar-refractivity contribution in [3.8, 4) is 0 Å². The maximum absolute atomic E-state index is 12.2. The van der Waals surface area contributed by atoms with Gasteiger partial charge in [-0.05, 0) is 49.7 Å². The summed E-state index contributed by atoms with van der Waals surface area (Å²) in [4.78, 5) is 12.2. The molecule has 5 nitrogen and oxygen atoms in total. The second kappa shape index (κ2) is 8.30. The van der Waals surface area contributed by atoms with Crippen LogP contribution in [0.15, 0.2) is 15.3 Å². The fourth-order valence-corrected chi connectivity index (χ4v) is 3.79. The van der Waals surface area contributed by atoms with E-state index >= 15 is 0 Å². The fourth-order valence-electron chi connectivity index (χ4n) is 3.79. The van der Waals surface area contributed by atoms with Gasteiger partial charge in [0.25, 0.3) is 0 Å². The second-order valence-corrected chi connectivity index (χ2v) is 6.99. The molecule has 0 saturated carbocycles. The molecule has 2 unspecified atom stereocenters. The van der Waals surface area contributed by atoms with E-state index in [-0.39, 0.29) is 12.2 Å². The molecule has 25 heavy (non-hydrogen) atoms. The van der Waals surface area contributed by atoms with Crippen LogP contribution in [0.25, 0.3) is 5.57 Å². The Morgan fingerprint density at radius 1 is 1.20 bits per heavy atom. The quantitative estimate of drug-likeness (QED) is 0.740. The molecule has 2 aliphatic rings. The maximum atomic E-state index is 12.2. The summed E-state index contributed by atoms with van der Waals surface area (Å²) in [6, 6.07) is 0. The molecule has 138 valence electrons. The summed E-state index contributed by atoms with van der Waals surface area (Å²) < 4.78 is 11.0. The zero-order valence-electron chi connectivity index (χ0n) is 14.9. The van der Waals surface area contributed by atoms with Crippen molar-refractivity contribution in [2.24, 2.45) is 0 Å². The molecule has 2 N–H and O–H groups in total. The monoisotopic (exact) mass is 348 g/mol. The molecule has 0 spiro atoms. The molecule has 5 heteroatoms. The third kappa shape index (κ3) is 3.89. The molecule has 0 saturated heterocycles. The van der Waals surface area contributed by atoms with E-state index in [0.29, 0.717) is 30.8 Å². The minimum Gasteiger partial charge on any atom is -0.427 e. The largest absolute Gasteiger partial charge is 0.427 e. The van der Waals surface area contributed by atoms with Crippen LogP contribution in [-0.4, -0.2) is 35.6 Å². The number of fused-ring (bicyclic) bond motifs is 3. The average Bonchev–Trinajstić information content (AvgIpc) is 2.64. The lowest BCUT2D eigenvalue weighted by Gasteiger charge is -2.28. The van der Waals surface area contributed by atoms with Gasteiger partial charge in [-0.1, -0.05) is 19.4 Å². The van der Waals surface area contributed by atoms with Gasteiger partial charge in [-0.2, -0.15) is 0 Å². The number of rotatable bonds is 7. The van der Waals surface area contributed by atoms with Crippen molar-refractivity contribution in [3.05, 3.63) is 38.9 Å². The Bertz CT molecular complexity index is 688. The predicted octanol–water partition coefficient (Wildman–Crippen LogP) is 2.39. The summed E-state index contributed by atoms with van der Waals surface area (Å²) in [6.07, 6.45) is 6.88. The number of aliphatic hydroxyl groups is 2. The normalized spacial score (nSPS) is 18.9. The maximum Gasteiger partial charge on any atom is 0.339 e. The topological polar surface area (TPSA) is 79.9 Å². The smallest absolute Gasteiger partial charge is 0.339 e. The molecule has 0 fully saturated rings. The standard InChI is InChI=1S/C20H28O5/c1-2-3-11-24-12-16(21)19(22)15-9-6-10-17-18(15)13-7-4-5-8-14(13)20(23)25-17/h9,16,19,21-22H,2-8,10-12H2,1H3. The highest BCUT2D eigenvalue weighted by Crippen LogP contribution is 2.36. The van der Waals surface area contributed by atoms with E-state index in [1.807, 2.05) is 6.08 Å². The third-order valence-electron chi connectivity index (χ3n) is 5.15. The molecule has 1 aromatic rings. The van der Waals surface area contributed by atoms with Gasteiger partial charge in [0.05, 0.1) is 6.61 Å². The van der Waals surface area contributed by atoms with E-state index in [4.69, 9.17) is 9.15 Å². The van der Waals surface area contributed by atoms with Crippen molar-refractivity contribution in [3.63, 3.8) is 0 Å². The molecular weight excluding hydrogens is 320 g/mol. The summed E-state index contributed by atoms with van der Waals surface area (Å²) in [5, 5.41) is 21.0. The van der Waals surface area contributed by atoms with E-state index in [1.165, 1.54) is 0 Å². The lowest BCUT2D eigenvalue weighted by molar-refractivity contribution is -0.0170. The van der Waals surface area contributed by atoms with Crippen molar-refractivity contribution in [1.82, 2.24) is 0 Å². The van der Waals surface area contributed by atoms with Crippen LogP contribution in [0.5, 0.6) is 0 Å². The summed E-state index contributed by atoms with van der Waals surface area (Å²) in [7, 11) is 0. The van der Waals surface area contributed by atoms with Crippen LogP contribution in [0.4, 0.5) is 0 Å². The van der Waals surface area contributed by atoms with Gasteiger partial charge in [-0.25, -0.2) is 4.79 Å². The summed E-state index contributed by atoms with van der Waals surface area (Å²) in [5.41, 5.74) is 3.09. The number of hydrogen-bond acceptors (Lipinski definition) is 5. The van der Waals surface area contributed by atoms with Crippen LogP contribution >= 0.6 is 0 Å². The molecule has 1 aromatic heterocycles.